The number of para-hydroxylation sites is 1. The summed E-state index contributed by atoms with van der Waals surface area (Å²) in [6.07, 6.45) is 0.401. The lowest BCUT2D eigenvalue weighted by molar-refractivity contribution is -0.122. The minimum Gasteiger partial charge on any atom is -0.493 e. The zero-order valence-electron chi connectivity index (χ0n) is 11.4. The fraction of sp³-hybridized carbons (Fsp3) is 0.500. The maximum absolute atomic E-state index is 11.5. The Labute approximate surface area is 108 Å². The van der Waals surface area contributed by atoms with Gasteiger partial charge in [0.2, 0.25) is 5.75 Å². The Morgan fingerprint density at radius 2 is 1.83 bits per heavy atom. The quantitative estimate of drug-likeness (QED) is 0.748. The number of carbonyl (C=O) groups is 1. The predicted octanol–water partition coefficient (Wildman–Crippen LogP) is 2.70. The van der Waals surface area contributed by atoms with Crippen LogP contribution in [0.25, 0.3) is 0 Å². The number of hydrogen-bond donors (Lipinski definition) is 0. The second kappa shape index (κ2) is 6.89. The van der Waals surface area contributed by atoms with Gasteiger partial charge in [0.25, 0.3) is 0 Å². The van der Waals surface area contributed by atoms with E-state index in [1.807, 2.05) is 19.9 Å². The number of ether oxygens (including phenoxy) is 3. The topological polar surface area (TPSA) is 44.8 Å². The van der Waals surface area contributed by atoms with Crippen LogP contribution >= 0.6 is 0 Å². The summed E-state index contributed by atoms with van der Waals surface area (Å²) in [6, 6.07) is 5.41. The first-order valence-electron chi connectivity index (χ1n) is 5.96. The molecule has 0 aliphatic heterocycles. The fourth-order valence-corrected chi connectivity index (χ4v) is 1.52. The van der Waals surface area contributed by atoms with Crippen LogP contribution in [0, 0.1) is 5.92 Å². The molecule has 4 nitrogen and oxygen atoms in total. The summed E-state index contributed by atoms with van der Waals surface area (Å²) in [5.74, 6) is 1.99. The van der Waals surface area contributed by atoms with Gasteiger partial charge in [0.15, 0.2) is 11.5 Å². The van der Waals surface area contributed by atoms with Crippen LogP contribution in [0.1, 0.15) is 20.3 Å². The summed E-state index contributed by atoms with van der Waals surface area (Å²) in [6.45, 7) is 4.11. The highest BCUT2D eigenvalue weighted by Gasteiger charge is 2.12. The molecule has 0 fully saturated rings. The maximum Gasteiger partial charge on any atom is 0.203 e. The van der Waals surface area contributed by atoms with Crippen molar-refractivity contribution in [2.24, 2.45) is 5.92 Å². The average Bonchev–Trinajstić information content (AvgIpc) is 2.37. The van der Waals surface area contributed by atoms with Gasteiger partial charge in [-0.1, -0.05) is 19.9 Å². The second-order valence-corrected chi connectivity index (χ2v) is 4.21. The van der Waals surface area contributed by atoms with E-state index >= 15 is 0 Å². The van der Waals surface area contributed by atoms with Crippen molar-refractivity contribution in [3.8, 4) is 17.2 Å². The van der Waals surface area contributed by atoms with E-state index in [-0.39, 0.29) is 11.7 Å². The molecule has 0 unspecified atom stereocenters. The molecular weight excluding hydrogens is 232 g/mol. The van der Waals surface area contributed by atoms with Gasteiger partial charge in [0.1, 0.15) is 5.78 Å². The number of carbonyl (C=O) groups excluding carboxylic acids is 1. The van der Waals surface area contributed by atoms with Gasteiger partial charge in [-0.3, -0.25) is 4.79 Å². The Morgan fingerprint density at radius 1 is 1.17 bits per heavy atom. The van der Waals surface area contributed by atoms with Crippen LogP contribution in [0.2, 0.25) is 0 Å². The first kappa shape index (κ1) is 14.4. The third kappa shape index (κ3) is 3.65. The first-order chi connectivity index (χ1) is 8.60. The maximum atomic E-state index is 11.5. The van der Waals surface area contributed by atoms with E-state index in [1.54, 1.807) is 26.4 Å². The molecule has 0 saturated carbocycles. The van der Waals surface area contributed by atoms with Crippen LogP contribution < -0.4 is 14.2 Å². The van der Waals surface area contributed by atoms with Crippen molar-refractivity contribution in [2.75, 3.05) is 20.8 Å². The lowest BCUT2D eigenvalue weighted by atomic mass is 10.1. The van der Waals surface area contributed by atoms with E-state index in [0.29, 0.717) is 30.3 Å². The Balaban J connectivity index is 2.64. The van der Waals surface area contributed by atoms with Gasteiger partial charge in [-0.05, 0) is 12.1 Å². The van der Waals surface area contributed by atoms with Crippen LogP contribution in [-0.2, 0) is 4.79 Å². The Bertz CT molecular complexity index is 399. The van der Waals surface area contributed by atoms with Gasteiger partial charge in [-0.2, -0.15) is 0 Å². The summed E-state index contributed by atoms with van der Waals surface area (Å²) in [4.78, 5) is 11.5. The van der Waals surface area contributed by atoms with E-state index in [2.05, 4.69) is 0 Å². The molecule has 0 heterocycles. The SMILES string of the molecule is COc1cccc(OCCC(=O)C(C)C)c1OC. The lowest BCUT2D eigenvalue weighted by Crippen LogP contribution is -2.12. The molecule has 0 aliphatic carbocycles. The molecule has 0 saturated heterocycles. The van der Waals surface area contributed by atoms with Gasteiger partial charge >= 0.3 is 0 Å². The van der Waals surface area contributed by atoms with E-state index in [0.717, 1.165) is 0 Å². The van der Waals surface area contributed by atoms with Crippen molar-refractivity contribution in [1.82, 2.24) is 0 Å². The van der Waals surface area contributed by atoms with Gasteiger partial charge in [-0.15, -0.1) is 0 Å². The number of benzene rings is 1. The molecule has 0 spiro atoms. The molecule has 0 bridgehead atoms. The highest BCUT2D eigenvalue weighted by Crippen LogP contribution is 2.36. The monoisotopic (exact) mass is 252 g/mol. The molecule has 1 aromatic carbocycles. The number of rotatable bonds is 7. The van der Waals surface area contributed by atoms with Crippen molar-refractivity contribution < 1.29 is 19.0 Å². The van der Waals surface area contributed by atoms with Crippen LogP contribution in [0.4, 0.5) is 0 Å². The van der Waals surface area contributed by atoms with E-state index in [9.17, 15) is 4.79 Å². The van der Waals surface area contributed by atoms with Gasteiger partial charge in [-0.25, -0.2) is 0 Å². The lowest BCUT2D eigenvalue weighted by Gasteiger charge is -2.13. The standard InChI is InChI=1S/C14H20O4/c1-10(2)11(15)8-9-18-13-7-5-6-12(16-3)14(13)17-4/h5-7,10H,8-9H2,1-4H3. The average molecular weight is 252 g/mol. The van der Waals surface area contributed by atoms with Crippen LogP contribution in [0.3, 0.4) is 0 Å². The zero-order chi connectivity index (χ0) is 13.5. The summed E-state index contributed by atoms with van der Waals surface area (Å²) < 4.78 is 16.0. The second-order valence-electron chi connectivity index (χ2n) is 4.21. The first-order valence-corrected chi connectivity index (χ1v) is 5.96. The Hall–Kier alpha value is -1.71. The highest BCUT2D eigenvalue weighted by molar-refractivity contribution is 5.80. The molecule has 0 atom stereocenters. The number of ketones is 1. The van der Waals surface area contributed by atoms with Crippen molar-refractivity contribution in [1.29, 1.82) is 0 Å². The molecule has 4 heteroatoms. The third-order valence-corrected chi connectivity index (χ3v) is 2.62. The molecule has 0 radical (unpaired) electrons. The molecule has 1 rings (SSSR count). The number of hydrogen-bond acceptors (Lipinski definition) is 4. The van der Waals surface area contributed by atoms with Crippen molar-refractivity contribution in [2.45, 2.75) is 20.3 Å². The molecule has 18 heavy (non-hydrogen) atoms. The smallest absolute Gasteiger partial charge is 0.203 e. The minimum atomic E-state index is 0.0424. The van der Waals surface area contributed by atoms with Crippen LogP contribution in [0.15, 0.2) is 18.2 Å². The van der Waals surface area contributed by atoms with Crippen LogP contribution in [0.5, 0.6) is 17.2 Å². The summed E-state index contributed by atoms with van der Waals surface area (Å²) in [7, 11) is 3.13. The van der Waals surface area contributed by atoms with Gasteiger partial charge in [0, 0.05) is 12.3 Å². The Morgan fingerprint density at radius 3 is 2.39 bits per heavy atom. The predicted molar refractivity (Wildman–Crippen MR) is 69.5 cm³/mol. The molecule has 1 aromatic rings. The van der Waals surface area contributed by atoms with Crippen LogP contribution in [-0.4, -0.2) is 26.6 Å². The molecule has 100 valence electrons. The largest absolute Gasteiger partial charge is 0.493 e. The minimum absolute atomic E-state index is 0.0424. The molecule has 0 aliphatic rings. The summed E-state index contributed by atoms with van der Waals surface area (Å²) >= 11 is 0. The Kier molecular flexibility index (Phi) is 5.49. The van der Waals surface area contributed by atoms with Crippen molar-refractivity contribution >= 4 is 5.78 Å². The number of Topliss-reactive ketones (excluding diaryl/α,β-unsaturated/α-hetero) is 1. The molecular formula is C14H20O4. The van der Waals surface area contributed by atoms with Crippen molar-refractivity contribution in [3.63, 3.8) is 0 Å². The third-order valence-electron chi connectivity index (χ3n) is 2.62. The van der Waals surface area contributed by atoms with E-state index in [4.69, 9.17) is 14.2 Å². The van der Waals surface area contributed by atoms with Gasteiger partial charge < -0.3 is 14.2 Å². The van der Waals surface area contributed by atoms with Crippen molar-refractivity contribution in [3.05, 3.63) is 18.2 Å². The molecule has 0 amide bonds. The summed E-state index contributed by atoms with van der Waals surface area (Å²) in [5.41, 5.74) is 0. The van der Waals surface area contributed by atoms with E-state index < -0.39 is 0 Å². The molecule has 0 aromatic heterocycles. The fourth-order valence-electron chi connectivity index (χ4n) is 1.52. The molecule has 0 N–H and O–H groups in total. The van der Waals surface area contributed by atoms with Gasteiger partial charge in [0.05, 0.1) is 20.8 Å². The summed E-state index contributed by atoms with van der Waals surface area (Å²) in [5, 5.41) is 0. The van der Waals surface area contributed by atoms with E-state index in [1.165, 1.54) is 0 Å². The zero-order valence-corrected chi connectivity index (χ0v) is 11.4. The normalized spacial score (nSPS) is 10.3. The highest BCUT2D eigenvalue weighted by atomic mass is 16.5. The number of methoxy groups -OCH3 is 2.